The van der Waals surface area contributed by atoms with E-state index in [1.165, 1.54) is 0 Å². The first kappa shape index (κ1) is 31.6. The Balaban J connectivity index is 2.14. The number of amides is 1. The van der Waals surface area contributed by atoms with Gasteiger partial charge in [-0.05, 0) is 72.1 Å². The fraction of sp³-hybridized carbons (Fsp3) is 0.667. The van der Waals surface area contributed by atoms with Crippen LogP contribution in [-0.2, 0) is 30.2 Å². The minimum absolute atomic E-state index is 0.223. The van der Waals surface area contributed by atoms with E-state index in [1.54, 1.807) is 72.4 Å². The SMILES string of the molecule is CCOC(=O)C(CCc1ccc(OC)c(OC)c1)N[C@@H](C)C(=O)N1CCSCC1(C)OC(=O)OC(C)(C)C. The summed E-state index contributed by atoms with van der Waals surface area (Å²) in [6.07, 6.45) is 0.102. The van der Waals surface area contributed by atoms with Gasteiger partial charge < -0.3 is 28.6 Å². The van der Waals surface area contributed by atoms with Crippen LogP contribution in [0.1, 0.15) is 53.5 Å². The number of benzene rings is 1. The maximum atomic E-state index is 13.6. The van der Waals surface area contributed by atoms with E-state index in [-0.39, 0.29) is 12.5 Å². The number of nitrogens with zero attached hydrogens (tertiary/aromatic N) is 1. The number of rotatable bonds is 11. The van der Waals surface area contributed by atoms with Crippen molar-refractivity contribution in [2.75, 3.05) is 38.9 Å². The van der Waals surface area contributed by atoms with Crippen LogP contribution in [-0.4, -0.2) is 85.2 Å². The third-order valence-electron chi connectivity index (χ3n) is 5.92. The molecule has 1 aliphatic heterocycles. The van der Waals surface area contributed by atoms with Crippen molar-refractivity contribution < 1.29 is 38.1 Å². The van der Waals surface area contributed by atoms with Crippen LogP contribution in [0, 0.1) is 0 Å². The summed E-state index contributed by atoms with van der Waals surface area (Å²) >= 11 is 1.59. The highest BCUT2D eigenvalue weighted by atomic mass is 32.2. The maximum absolute atomic E-state index is 13.6. The Morgan fingerprint density at radius 2 is 1.84 bits per heavy atom. The molecule has 1 aliphatic rings. The molecule has 1 aromatic rings. The van der Waals surface area contributed by atoms with E-state index in [0.29, 0.717) is 42.4 Å². The smallest absolute Gasteiger partial charge is 0.493 e. The average Bonchev–Trinajstić information content (AvgIpc) is 2.84. The minimum atomic E-state index is -1.18. The molecule has 0 spiro atoms. The van der Waals surface area contributed by atoms with Gasteiger partial charge in [-0.15, -0.1) is 0 Å². The standard InChI is InChI=1S/C27H42N2O8S/c1-9-35-24(31)20(12-10-19-11-13-21(33-7)22(16-19)34-8)28-18(2)23(30)29-14-15-38-17-27(29,6)37-25(32)36-26(3,4)5/h11,13,16,18,20,28H,9-10,12,14-15,17H2,1-8H3/t18-,20?,27?/m0/s1. The molecule has 11 heteroatoms. The van der Waals surface area contributed by atoms with E-state index >= 15 is 0 Å². The molecule has 2 unspecified atom stereocenters. The number of methoxy groups -OCH3 is 2. The van der Waals surface area contributed by atoms with Crippen LogP contribution in [0.5, 0.6) is 11.5 Å². The normalized spacial score (nSPS) is 19.2. The number of hydrogen-bond donors (Lipinski definition) is 1. The second-order valence-electron chi connectivity index (χ2n) is 10.2. The fourth-order valence-electron chi connectivity index (χ4n) is 4.08. The summed E-state index contributed by atoms with van der Waals surface area (Å²) in [7, 11) is 3.14. The van der Waals surface area contributed by atoms with E-state index < -0.39 is 35.5 Å². The lowest BCUT2D eigenvalue weighted by molar-refractivity contribution is -0.161. The fourth-order valence-corrected chi connectivity index (χ4v) is 5.13. The lowest BCUT2D eigenvalue weighted by Crippen LogP contribution is -2.62. The molecule has 1 heterocycles. The highest BCUT2D eigenvalue weighted by molar-refractivity contribution is 7.99. The monoisotopic (exact) mass is 554 g/mol. The summed E-state index contributed by atoms with van der Waals surface area (Å²) in [6, 6.07) is 4.12. The summed E-state index contributed by atoms with van der Waals surface area (Å²) < 4.78 is 26.9. The number of nitrogens with one attached hydrogen (secondary N) is 1. The Bertz CT molecular complexity index is 967. The number of carbonyl (C=O) groups excluding carboxylic acids is 3. The number of aryl methyl sites for hydroxylation is 1. The second-order valence-corrected chi connectivity index (χ2v) is 11.3. The number of thioether (sulfide) groups is 1. The summed E-state index contributed by atoms with van der Waals surface area (Å²) in [5.41, 5.74) is -0.957. The largest absolute Gasteiger partial charge is 0.510 e. The van der Waals surface area contributed by atoms with Crippen LogP contribution in [0.2, 0.25) is 0 Å². The molecule has 0 saturated carbocycles. The van der Waals surface area contributed by atoms with E-state index in [4.69, 9.17) is 23.7 Å². The van der Waals surface area contributed by atoms with E-state index in [9.17, 15) is 14.4 Å². The predicted octanol–water partition coefficient (Wildman–Crippen LogP) is 3.79. The van der Waals surface area contributed by atoms with Crippen molar-refractivity contribution in [3.8, 4) is 11.5 Å². The maximum Gasteiger partial charge on any atom is 0.510 e. The van der Waals surface area contributed by atoms with Gasteiger partial charge >= 0.3 is 12.1 Å². The van der Waals surface area contributed by atoms with Gasteiger partial charge in [-0.1, -0.05) is 6.07 Å². The summed E-state index contributed by atoms with van der Waals surface area (Å²) in [5, 5.41) is 3.15. The molecule has 1 fully saturated rings. The van der Waals surface area contributed by atoms with Crippen LogP contribution >= 0.6 is 11.8 Å². The molecule has 1 N–H and O–H groups in total. The lowest BCUT2D eigenvalue weighted by atomic mass is 10.0. The molecule has 1 amide bonds. The Morgan fingerprint density at radius 3 is 2.45 bits per heavy atom. The zero-order valence-electron chi connectivity index (χ0n) is 23.8. The van der Waals surface area contributed by atoms with Crippen molar-refractivity contribution in [2.24, 2.45) is 0 Å². The molecule has 38 heavy (non-hydrogen) atoms. The molecule has 1 aromatic carbocycles. The van der Waals surface area contributed by atoms with Crippen molar-refractivity contribution in [3.63, 3.8) is 0 Å². The molecule has 1 saturated heterocycles. The summed E-state index contributed by atoms with van der Waals surface area (Å²) in [4.78, 5) is 40.3. The molecule has 3 atom stereocenters. The molecule has 0 radical (unpaired) electrons. The number of carbonyl (C=O) groups is 3. The van der Waals surface area contributed by atoms with Gasteiger partial charge in [-0.25, -0.2) is 4.79 Å². The number of hydrogen-bond acceptors (Lipinski definition) is 10. The third-order valence-corrected chi connectivity index (χ3v) is 7.13. The van der Waals surface area contributed by atoms with Crippen molar-refractivity contribution in [3.05, 3.63) is 23.8 Å². The van der Waals surface area contributed by atoms with Crippen LogP contribution in [0.25, 0.3) is 0 Å². The van der Waals surface area contributed by atoms with Gasteiger partial charge in [-0.3, -0.25) is 14.9 Å². The number of ether oxygens (including phenoxy) is 5. The molecule has 2 rings (SSSR count). The zero-order chi connectivity index (χ0) is 28.5. The van der Waals surface area contributed by atoms with E-state index in [0.717, 1.165) is 5.56 Å². The van der Waals surface area contributed by atoms with Crippen LogP contribution in [0.4, 0.5) is 4.79 Å². The first-order chi connectivity index (χ1) is 17.8. The Morgan fingerprint density at radius 1 is 1.16 bits per heavy atom. The van der Waals surface area contributed by atoms with Crippen LogP contribution < -0.4 is 14.8 Å². The third kappa shape index (κ3) is 8.97. The first-order valence-corrected chi connectivity index (χ1v) is 13.9. The van der Waals surface area contributed by atoms with Gasteiger partial charge in [0.2, 0.25) is 5.91 Å². The molecular weight excluding hydrogens is 512 g/mol. The lowest BCUT2D eigenvalue weighted by Gasteiger charge is -2.44. The molecule has 10 nitrogen and oxygen atoms in total. The second kappa shape index (κ2) is 13.9. The van der Waals surface area contributed by atoms with Crippen molar-refractivity contribution in [2.45, 2.75) is 77.8 Å². The topological polar surface area (TPSA) is 113 Å². The molecule has 0 bridgehead atoms. The van der Waals surface area contributed by atoms with Gasteiger partial charge in [0.05, 0.1) is 32.6 Å². The molecule has 0 aliphatic carbocycles. The molecular formula is C27H42N2O8S. The quantitative estimate of drug-likeness (QED) is 0.406. The Labute approximate surface area is 230 Å². The Hall–Kier alpha value is -2.66. The molecule has 0 aromatic heterocycles. The average molecular weight is 555 g/mol. The van der Waals surface area contributed by atoms with Gasteiger partial charge in [0.1, 0.15) is 11.6 Å². The first-order valence-electron chi connectivity index (χ1n) is 12.8. The number of esters is 1. The summed E-state index contributed by atoms with van der Waals surface area (Å²) in [5.74, 6) is 1.61. The van der Waals surface area contributed by atoms with Gasteiger partial charge in [0.15, 0.2) is 17.2 Å². The zero-order valence-corrected chi connectivity index (χ0v) is 24.6. The van der Waals surface area contributed by atoms with E-state index in [2.05, 4.69) is 5.32 Å². The predicted molar refractivity (Wildman–Crippen MR) is 146 cm³/mol. The molecule has 214 valence electrons. The summed E-state index contributed by atoms with van der Waals surface area (Å²) in [6.45, 7) is 11.0. The van der Waals surface area contributed by atoms with Crippen molar-refractivity contribution in [1.29, 1.82) is 0 Å². The van der Waals surface area contributed by atoms with E-state index in [1.807, 2.05) is 18.2 Å². The van der Waals surface area contributed by atoms with Crippen LogP contribution in [0.3, 0.4) is 0 Å². The Kier molecular flexibility index (Phi) is 11.6. The van der Waals surface area contributed by atoms with Gasteiger partial charge in [-0.2, -0.15) is 11.8 Å². The minimum Gasteiger partial charge on any atom is -0.493 e. The van der Waals surface area contributed by atoms with Crippen molar-refractivity contribution >= 4 is 29.8 Å². The van der Waals surface area contributed by atoms with Crippen LogP contribution in [0.15, 0.2) is 18.2 Å². The van der Waals surface area contributed by atoms with Crippen molar-refractivity contribution in [1.82, 2.24) is 10.2 Å². The highest BCUT2D eigenvalue weighted by Crippen LogP contribution is 2.30. The van der Waals surface area contributed by atoms with Gasteiger partial charge in [0.25, 0.3) is 0 Å². The van der Waals surface area contributed by atoms with Gasteiger partial charge in [0, 0.05) is 12.3 Å². The highest BCUT2D eigenvalue weighted by Gasteiger charge is 2.44.